The minimum atomic E-state index is 0.0970. The van der Waals surface area contributed by atoms with Gasteiger partial charge < -0.3 is 5.11 Å². The number of hydrogen-bond acceptors (Lipinski definition) is 1. The van der Waals surface area contributed by atoms with Crippen molar-refractivity contribution in [3.05, 3.63) is 28.8 Å². The highest BCUT2D eigenvalue weighted by Crippen LogP contribution is 2.43. The molecule has 0 aliphatic heterocycles. The SMILES string of the molecule is CCCCCCCCCCCCC(C)c1cc(C(C)(C)CC(C)(C)C)cc(C(C)CC)c1O. The molecule has 1 aromatic rings. The second kappa shape index (κ2) is 14.4. The maximum absolute atomic E-state index is 11.2. The Labute approximate surface area is 208 Å². The normalized spacial score (nSPS) is 14.5. The second-order valence-electron chi connectivity index (χ2n) is 12.8. The molecule has 0 heterocycles. The highest BCUT2D eigenvalue weighted by Gasteiger charge is 2.30. The molecule has 1 aromatic carbocycles. The van der Waals surface area contributed by atoms with Gasteiger partial charge in [-0.05, 0) is 58.6 Å². The smallest absolute Gasteiger partial charge is 0.122 e. The van der Waals surface area contributed by atoms with Crippen LogP contribution in [0.25, 0.3) is 0 Å². The van der Waals surface area contributed by atoms with E-state index in [1.165, 1.54) is 81.8 Å². The van der Waals surface area contributed by atoms with E-state index in [0.29, 0.717) is 17.6 Å². The largest absolute Gasteiger partial charge is 0.507 e. The van der Waals surface area contributed by atoms with Gasteiger partial charge in [0, 0.05) is 0 Å². The van der Waals surface area contributed by atoms with Crippen LogP contribution in [0.3, 0.4) is 0 Å². The van der Waals surface area contributed by atoms with Crippen LogP contribution in [0.4, 0.5) is 0 Å². The summed E-state index contributed by atoms with van der Waals surface area (Å²) in [6.45, 7) is 20.8. The van der Waals surface area contributed by atoms with E-state index in [4.69, 9.17) is 0 Å². The van der Waals surface area contributed by atoms with Crippen molar-refractivity contribution in [2.45, 2.75) is 163 Å². The van der Waals surface area contributed by atoms with Crippen molar-refractivity contribution in [2.24, 2.45) is 5.41 Å². The Morgan fingerprint density at radius 3 is 1.61 bits per heavy atom. The Balaban J connectivity index is 2.79. The van der Waals surface area contributed by atoms with Crippen molar-refractivity contribution in [3.63, 3.8) is 0 Å². The van der Waals surface area contributed by atoms with Crippen LogP contribution in [-0.4, -0.2) is 5.11 Å². The summed E-state index contributed by atoms with van der Waals surface area (Å²) in [5.74, 6) is 1.37. The fourth-order valence-electron chi connectivity index (χ4n) is 5.56. The summed E-state index contributed by atoms with van der Waals surface area (Å²) in [5.41, 5.74) is 4.11. The molecule has 1 N–H and O–H groups in total. The Kier molecular flexibility index (Phi) is 13.1. The minimum absolute atomic E-state index is 0.0970. The average molecular weight is 459 g/mol. The quantitative estimate of drug-likeness (QED) is 0.244. The van der Waals surface area contributed by atoms with E-state index < -0.39 is 0 Å². The summed E-state index contributed by atoms with van der Waals surface area (Å²) >= 11 is 0. The van der Waals surface area contributed by atoms with Crippen molar-refractivity contribution in [1.29, 1.82) is 0 Å². The maximum atomic E-state index is 11.2. The lowest BCUT2D eigenvalue weighted by Gasteiger charge is -2.34. The zero-order valence-electron chi connectivity index (χ0n) is 23.9. The van der Waals surface area contributed by atoms with Crippen molar-refractivity contribution in [2.75, 3.05) is 0 Å². The minimum Gasteiger partial charge on any atom is -0.507 e. The fraction of sp³-hybridized carbons (Fsp3) is 0.812. The highest BCUT2D eigenvalue weighted by atomic mass is 16.3. The maximum Gasteiger partial charge on any atom is 0.122 e. The second-order valence-corrected chi connectivity index (χ2v) is 12.8. The van der Waals surface area contributed by atoms with Gasteiger partial charge >= 0.3 is 0 Å². The highest BCUT2D eigenvalue weighted by molar-refractivity contribution is 5.49. The van der Waals surface area contributed by atoms with E-state index in [9.17, 15) is 5.11 Å². The Hall–Kier alpha value is -0.980. The van der Waals surface area contributed by atoms with Crippen LogP contribution in [0.5, 0.6) is 5.75 Å². The number of phenolic OH excluding ortho intramolecular Hbond substituents is 1. The number of rotatable bonds is 16. The van der Waals surface area contributed by atoms with Crippen LogP contribution in [0.1, 0.15) is 174 Å². The van der Waals surface area contributed by atoms with Crippen LogP contribution in [0.15, 0.2) is 12.1 Å². The summed E-state index contributed by atoms with van der Waals surface area (Å²) in [5, 5.41) is 11.2. The summed E-state index contributed by atoms with van der Waals surface area (Å²) < 4.78 is 0. The Morgan fingerprint density at radius 1 is 0.697 bits per heavy atom. The van der Waals surface area contributed by atoms with E-state index in [0.717, 1.165) is 18.4 Å². The lowest BCUT2D eigenvalue weighted by Crippen LogP contribution is -2.25. The van der Waals surface area contributed by atoms with Gasteiger partial charge in [-0.15, -0.1) is 0 Å². The van der Waals surface area contributed by atoms with Crippen LogP contribution in [-0.2, 0) is 5.41 Å². The Bertz CT molecular complexity index is 664. The molecule has 192 valence electrons. The molecule has 1 rings (SSSR count). The molecule has 33 heavy (non-hydrogen) atoms. The van der Waals surface area contributed by atoms with Gasteiger partial charge in [-0.3, -0.25) is 0 Å². The third kappa shape index (κ3) is 10.9. The van der Waals surface area contributed by atoms with Crippen LogP contribution >= 0.6 is 0 Å². The average Bonchev–Trinajstić information content (AvgIpc) is 2.72. The molecule has 0 bridgehead atoms. The molecule has 0 spiro atoms. The molecule has 0 aliphatic carbocycles. The molecular weight excluding hydrogens is 400 g/mol. The molecule has 1 nitrogen and oxygen atoms in total. The summed E-state index contributed by atoms with van der Waals surface area (Å²) in [7, 11) is 0. The molecule has 0 radical (unpaired) electrons. The third-order valence-electron chi connectivity index (χ3n) is 7.59. The van der Waals surface area contributed by atoms with Gasteiger partial charge in [-0.1, -0.05) is 139 Å². The molecule has 0 aromatic heterocycles. The topological polar surface area (TPSA) is 20.2 Å². The Morgan fingerprint density at radius 2 is 1.15 bits per heavy atom. The predicted octanol–water partition coefficient (Wildman–Crippen LogP) is 11.0. The number of unbranched alkanes of at least 4 members (excludes halogenated alkanes) is 9. The third-order valence-corrected chi connectivity index (χ3v) is 7.59. The number of aromatic hydroxyl groups is 1. The van der Waals surface area contributed by atoms with Crippen LogP contribution in [0, 0.1) is 5.41 Å². The van der Waals surface area contributed by atoms with Gasteiger partial charge in [0.25, 0.3) is 0 Å². The van der Waals surface area contributed by atoms with Crippen LogP contribution in [0.2, 0.25) is 0 Å². The zero-order chi connectivity index (χ0) is 25.1. The standard InChI is InChI=1S/C32H58O/c1-10-12-13-14-15-16-17-18-19-20-21-26(4)29-23-27(32(8,9)24-31(5,6)7)22-28(30(29)33)25(3)11-2/h22-23,25-26,33H,10-21,24H2,1-9H3. The van der Waals surface area contributed by atoms with Gasteiger partial charge in [0.05, 0.1) is 0 Å². The van der Waals surface area contributed by atoms with Gasteiger partial charge in [0.15, 0.2) is 0 Å². The lowest BCUT2D eigenvalue weighted by atomic mass is 9.71. The summed E-state index contributed by atoms with van der Waals surface area (Å²) in [6, 6.07) is 4.65. The monoisotopic (exact) mass is 458 g/mol. The first kappa shape index (κ1) is 30.1. The van der Waals surface area contributed by atoms with E-state index in [1.807, 2.05) is 0 Å². The first-order valence-corrected chi connectivity index (χ1v) is 14.3. The van der Waals surface area contributed by atoms with Gasteiger partial charge in [0.1, 0.15) is 5.75 Å². The number of phenols is 1. The van der Waals surface area contributed by atoms with Gasteiger partial charge in [-0.2, -0.15) is 0 Å². The van der Waals surface area contributed by atoms with Crippen LogP contribution < -0.4 is 0 Å². The van der Waals surface area contributed by atoms with Crippen molar-refractivity contribution >= 4 is 0 Å². The first-order chi connectivity index (χ1) is 15.4. The fourth-order valence-corrected chi connectivity index (χ4v) is 5.56. The summed E-state index contributed by atoms with van der Waals surface area (Å²) in [6.07, 6.45) is 17.1. The molecule has 0 aliphatic rings. The molecule has 2 unspecified atom stereocenters. The van der Waals surface area contributed by atoms with Gasteiger partial charge in [0.2, 0.25) is 0 Å². The molecule has 1 heteroatoms. The molecule has 0 amide bonds. The predicted molar refractivity (Wildman–Crippen MR) is 149 cm³/mol. The molecule has 0 fully saturated rings. The molecular formula is C32H58O. The number of benzene rings is 1. The summed E-state index contributed by atoms with van der Waals surface area (Å²) in [4.78, 5) is 0. The first-order valence-electron chi connectivity index (χ1n) is 14.3. The molecule has 0 saturated heterocycles. The zero-order valence-corrected chi connectivity index (χ0v) is 23.9. The van der Waals surface area contributed by atoms with Crippen molar-refractivity contribution in [3.8, 4) is 5.75 Å². The van der Waals surface area contributed by atoms with Crippen molar-refractivity contribution in [1.82, 2.24) is 0 Å². The van der Waals surface area contributed by atoms with E-state index >= 15 is 0 Å². The van der Waals surface area contributed by atoms with Gasteiger partial charge in [-0.25, -0.2) is 0 Å². The van der Waals surface area contributed by atoms with E-state index in [1.54, 1.807) is 0 Å². The van der Waals surface area contributed by atoms with E-state index in [2.05, 4.69) is 74.4 Å². The van der Waals surface area contributed by atoms with E-state index in [-0.39, 0.29) is 10.8 Å². The lowest BCUT2D eigenvalue weighted by molar-refractivity contribution is 0.283. The molecule has 0 saturated carbocycles. The van der Waals surface area contributed by atoms with Crippen molar-refractivity contribution < 1.29 is 5.11 Å². The number of hydrogen-bond donors (Lipinski definition) is 1. The molecule has 2 atom stereocenters.